The second kappa shape index (κ2) is 5.65. The van der Waals surface area contributed by atoms with Crippen LogP contribution in [0.15, 0.2) is 42.5 Å². The molecule has 3 fully saturated rings. The van der Waals surface area contributed by atoms with Crippen molar-refractivity contribution in [1.82, 2.24) is 9.88 Å². The van der Waals surface area contributed by atoms with Crippen LogP contribution in [0.5, 0.6) is 0 Å². The van der Waals surface area contributed by atoms with Gasteiger partial charge in [-0.1, -0.05) is 24.3 Å². The van der Waals surface area contributed by atoms with Gasteiger partial charge in [0.25, 0.3) is 0 Å². The summed E-state index contributed by atoms with van der Waals surface area (Å²) < 4.78 is 15.7. The number of aromatic nitrogens is 1. The molecule has 2 bridgehead atoms. The molecule has 4 nitrogen and oxygen atoms in total. The number of para-hydroxylation sites is 1. The third-order valence-electron chi connectivity index (χ3n) is 8.38. The van der Waals surface area contributed by atoms with E-state index >= 15 is 4.39 Å². The lowest BCUT2D eigenvalue weighted by Gasteiger charge is -2.77. The van der Waals surface area contributed by atoms with Crippen LogP contribution >= 0.6 is 0 Å². The number of aromatic amines is 1. The molecule has 5 heteroatoms. The number of H-pyrrole nitrogens is 1. The lowest BCUT2D eigenvalue weighted by molar-refractivity contribution is -0.209. The van der Waals surface area contributed by atoms with E-state index in [2.05, 4.69) is 35.0 Å². The number of halogens is 1. The molecular weight excluding hydrogens is 391 g/mol. The first-order chi connectivity index (χ1) is 15.0. The maximum Gasteiger partial charge on any atom is 0.328 e. The topological polar surface area (TPSA) is 56.3 Å². The zero-order chi connectivity index (χ0) is 21.1. The van der Waals surface area contributed by atoms with E-state index in [4.69, 9.17) is 5.11 Å². The normalized spacial score (nSPS) is 32.6. The third-order valence-corrected chi connectivity index (χ3v) is 8.38. The first kappa shape index (κ1) is 17.7. The Morgan fingerprint density at radius 1 is 1.29 bits per heavy atom. The van der Waals surface area contributed by atoms with Gasteiger partial charge in [-0.15, -0.1) is 0 Å². The molecule has 1 unspecified atom stereocenters. The van der Waals surface area contributed by atoms with E-state index in [0.29, 0.717) is 23.4 Å². The first-order valence-electron chi connectivity index (χ1n) is 11.1. The quantitative estimate of drug-likeness (QED) is 0.580. The minimum atomic E-state index is -1.02. The lowest BCUT2D eigenvalue weighted by Crippen LogP contribution is -2.78. The predicted octanol–water partition coefficient (Wildman–Crippen LogP) is 5.00. The zero-order valence-corrected chi connectivity index (χ0v) is 17.2. The van der Waals surface area contributed by atoms with Crippen molar-refractivity contribution in [2.45, 2.75) is 49.7 Å². The number of nitrogens with one attached hydrogen (secondary N) is 1. The maximum absolute atomic E-state index is 15.7. The number of carboxylic acid groups (broad SMARTS) is 1. The summed E-state index contributed by atoms with van der Waals surface area (Å²) >= 11 is 0. The fourth-order valence-electron chi connectivity index (χ4n) is 7.28. The smallest absolute Gasteiger partial charge is 0.328 e. The van der Waals surface area contributed by atoms with Crippen LogP contribution in [-0.2, 0) is 11.2 Å². The Morgan fingerprint density at radius 3 is 2.84 bits per heavy atom. The Morgan fingerprint density at radius 2 is 2.10 bits per heavy atom. The first-order valence-corrected chi connectivity index (χ1v) is 11.1. The summed E-state index contributed by atoms with van der Waals surface area (Å²) in [4.78, 5) is 17.3. The molecule has 3 aliphatic carbocycles. The van der Waals surface area contributed by atoms with Gasteiger partial charge < -0.3 is 10.1 Å². The fourth-order valence-corrected chi connectivity index (χ4v) is 7.28. The molecule has 2 aromatic carbocycles. The SMILES string of the molecule is C[C@H]1Cc2c([nH]c3ccccc23)[C@@H]2c3c(F)cc(/C=C/C(=O)O)cc3C3C4CC3(C4)N21. The van der Waals surface area contributed by atoms with Crippen LogP contribution in [0.2, 0.25) is 0 Å². The Kier molecular flexibility index (Phi) is 3.23. The van der Waals surface area contributed by atoms with Crippen molar-refractivity contribution >= 4 is 22.9 Å². The van der Waals surface area contributed by atoms with Crippen molar-refractivity contribution in [1.29, 1.82) is 0 Å². The average molecular weight is 414 g/mol. The van der Waals surface area contributed by atoms with E-state index in [1.54, 1.807) is 0 Å². The molecule has 2 N–H and O–H groups in total. The predicted molar refractivity (Wildman–Crippen MR) is 116 cm³/mol. The van der Waals surface area contributed by atoms with Crippen LogP contribution in [0.1, 0.15) is 59.7 Å². The minimum absolute atomic E-state index is 0.115. The van der Waals surface area contributed by atoms with Crippen LogP contribution in [0.25, 0.3) is 17.0 Å². The highest BCUT2D eigenvalue weighted by atomic mass is 19.1. The van der Waals surface area contributed by atoms with Gasteiger partial charge in [-0.2, -0.15) is 0 Å². The van der Waals surface area contributed by atoms with Gasteiger partial charge in [0, 0.05) is 45.7 Å². The number of carboxylic acids is 1. The summed E-state index contributed by atoms with van der Waals surface area (Å²) in [7, 11) is 0. The summed E-state index contributed by atoms with van der Waals surface area (Å²) in [5.41, 5.74) is 6.20. The van der Waals surface area contributed by atoms with E-state index < -0.39 is 5.97 Å². The van der Waals surface area contributed by atoms with Crippen molar-refractivity contribution in [3.63, 3.8) is 0 Å². The molecule has 8 rings (SSSR count). The van der Waals surface area contributed by atoms with Gasteiger partial charge in [0.05, 0.1) is 6.04 Å². The van der Waals surface area contributed by atoms with Crippen molar-refractivity contribution in [3.8, 4) is 0 Å². The molecule has 5 aliphatic rings. The van der Waals surface area contributed by atoms with E-state index in [0.717, 1.165) is 34.8 Å². The molecule has 0 radical (unpaired) electrons. The van der Waals surface area contributed by atoms with Gasteiger partial charge in [-0.3, -0.25) is 4.90 Å². The fraction of sp³-hybridized carbons (Fsp3) is 0.346. The molecule has 1 aromatic heterocycles. The van der Waals surface area contributed by atoms with Crippen LogP contribution in [-0.4, -0.2) is 32.5 Å². The van der Waals surface area contributed by atoms with Crippen LogP contribution in [0.3, 0.4) is 0 Å². The number of hydrogen-bond donors (Lipinski definition) is 2. The number of benzene rings is 2. The van der Waals surface area contributed by atoms with Crippen molar-refractivity contribution in [2.24, 2.45) is 5.92 Å². The van der Waals surface area contributed by atoms with E-state index in [1.807, 2.05) is 12.1 Å². The van der Waals surface area contributed by atoms with Crippen LogP contribution in [0.4, 0.5) is 4.39 Å². The summed E-state index contributed by atoms with van der Waals surface area (Å²) in [5.74, 6) is -0.262. The van der Waals surface area contributed by atoms with E-state index in [-0.39, 0.29) is 17.4 Å². The third kappa shape index (κ3) is 2.05. The van der Waals surface area contributed by atoms with Gasteiger partial charge in [-0.25, -0.2) is 9.18 Å². The Balaban J connectivity index is 1.49. The summed E-state index contributed by atoms with van der Waals surface area (Å²) in [6, 6.07) is 12.2. The standard InChI is InChI=1S/C26H23FN2O2/c1-13-8-17-16-4-2-3-5-20(16)28-24(17)25-22-18(23-15-11-26(23,12-15)29(13)25)9-14(10-19(22)27)6-7-21(30)31/h2-7,9-10,13,15,23,25,28H,8,11-12H2,1H3,(H,30,31)/b7-6+/t13-,15?,23?,25-,26?/m0/s1. The van der Waals surface area contributed by atoms with Gasteiger partial charge in [0.15, 0.2) is 0 Å². The molecule has 3 atom stereocenters. The minimum Gasteiger partial charge on any atom is -0.478 e. The molecule has 31 heavy (non-hydrogen) atoms. The van der Waals surface area contributed by atoms with Gasteiger partial charge in [0.1, 0.15) is 5.82 Å². The van der Waals surface area contributed by atoms with Crippen molar-refractivity contribution < 1.29 is 14.3 Å². The Hall–Kier alpha value is -2.92. The van der Waals surface area contributed by atoms with Gasteiger partial charge in [0.2, 0.25) is 0 Å². The largest absolute Gasteiger partial charge is 0.478 e. The average Bonchev–Trinajstić information content (AvgIpc) is 3.04. The number of fused-ring (bicyclic) bond motifs is 7. The molecule has 3 aromatic rings. The number of carbonyl (C=O) groups is 1. The lowest BCUT2D eigenvalue weighted by atomic mass is 9.37. The van der Waals surface area contributed by atoms with Gasteiger partial charge in [-0.05, 0) is 67.0 Å². The van der Waals surface area contributed by atoms with Crippen molar-refractivity contribution in [3.05, 3.63) is 76.2 Å². The number of rotatable bonds is 2. The molecular formula is C26H23FN2O2. The van der Waals surface area contributed by atoms with E-state index in [9.17, 15) is 4.79 Å². The Bertz CT molecular complexity index is 1320. The monoisotopic (exact) mass is 414 g/mol. The molecule has 156 valence electrons. The summed E-state index contributed by atoms with van der Waals surface area (Å²) in [6.45, 7) is 2.29. The Labute approximate surface area is 179 Å². The van der Waals surface area contributed by atoms with E-state index in [1.165, 1.54) is 35.9 Å². The molecule has 2 aliphatic heterocycles. The highest BCUT2D eigenvalue weighted by molar-refractivity contribution is 5.86. The highest BCUT2D eigenvalue weighted by Crippen LogP contribution is 2.75. The van der Waals surface area contributed by atoms with Crippen molar-refractivity contribution in [2.75, 3.05) is 0 Å². The molecule has 0 saturated heterocycles. The van der Waals surface area contributed by atoms with Crippen LogP contribution in [0, 0.1) is 11.7 Å². The molecule has 1 spiro atoms. The van der Waals surface area contributed by atoms with Crippen LogP contribution < -0.4 is 0 Å². The number of nitrogens with zero attached hydrogens (tertiary/aromatic N) is 1. The molecule has 3 saturated carbocycles. The second-order valence-corrected chi connectivity index (χ2v) is 9.85. The summed E-state index contributed by atoms with van der Waals surface area (Å²) in [6.07, 6.45) is 5.94. The highest BCUT2D eigenvalue weighted by Gasteiger charge is 2.73. The number of hydrogen-bond acceptors (Lipinski definition) is 2. The van der Waals surface area contributed by atoms with Gasteiger partial charge >= 0.3 is 5.97 Å². The second-order valence-electron chi connectivity index (χ2n) is 9.85. The zero-order valence-electron chi connectivity index (χ0n) is 17.2. The molecule has 3 heterocycles. The summed E-state index contributed by atoms with van der Waals surface area (Å²) in [5, 5.41) is 10.2. The number of aliphatic carboxylic acids is 1. The maximum atomic E-state index is 15.7. The molecule has 0 amide bonds.